The van der Waals surface area contributed by atoms with Gasteiger partial charge in [0.2, 0.25) is 0 Å². The van der Waals surface area contributed by atoms with E-state index in [-0.39, 0.29) is 0 Å². The molecule has 0 saturated heterocycles. The Morgan fingerprint density at radius 2 is 1.06 bits per heavy atom. The van der Waals surface area contributed by atoms with Gasteiger partial charge in [-0.3, -0.25) is 9.97 Å². The smallest absolute Gasteiger partial charge is 0.164 e. The molecule has 0 saturated carbocycles. The molecule has 0 unspecified atom stereocenters. The maximum absolute atomic E-state index is 6.07. The van der Waals surface area contributed by atoms with Crippen molar-refractivity contribution < 1.29 is 4.42 Å². The summed E-state index contributed by atoms with van der Waals surface area (Å²) < 4.78 is 6.07. The Hall–Kier alpha value is -6.60. The van der Waals surface area contributed by atoms with E-state index < -0.39 is 0 Å². The zero-order valence-electron chi connectivity index (χ0n) is 24.9. The SMILES string of the molecule is c1ccc(-c2nc(-c3ccccc3)nc(-c3cccc(-c4ccc5nc(-c6nccc7oc8ccccc8c67)cnc5c4)c3)n2)cc1. The fourth-order valence-electron chi connectivity index (χ4n) is 5.94. The van der Waals surface area contributed by atoms with Crippen molar-refractivity contribution in [1.82, 2.24) is 29.9 Å². The van der Waals surface area contributed by atoms with Crippen LogP contribution in [0.4, 0.5) is 0 Å². The number of pyridine rings is 1. The van der Waals surface area contributed by atoms with E-state index in [1.165, 1.54) is 0 Å². The average Bonchev–Trinajstić information content (AvgIpc) is 3.54. The molecule has 4 aromatic heterocycles. The van der Waals surface area contributed by atoms with Gasteiger partial charge < -0.3 is 4.42 Å². The van der Waals surface area contributed by atoms with E-state index in [9.17, 15) is 0 Å². The normalized spacial score (nSPS) is 11.4. The average molecular weight is 605 g/mol. The lowest BCUT2D eigenvalue weighted by atomic mass is 10.0. The van der Waals surface area contributed by atoms with Crippen LogP contribution in [0.25, 0.3) is 89.7 Å². The Labute approximate surface area is 269 Å². The van der Waals surface area contributed by atoms with Crippen LogP contribution in [0.1, 0.15) is 0 Å². The van der Waals surface area contributed by atoms with E-state index in [1.54, 1.807) is 12.4 Å². The van der Waals surface area contributed by atoms with Crippen molar-refractivity contribution in [2.24, 2.45) is 0 Å². The first-order valence-electron chi connectivity index (χ1n) is 15.3. The fraction of sp³-hybridized carbons (Fsp3) is 0. The molecule has 0 aliphatic heterocycles. The summed E-state index contributed by atoms with van der Waals surface area (Å²) in [7, 11) is 0. The van der Waals surface area contributed by atoms with Crippen LogP contribution >= 0.6 is 0 Å². The maximum atomic E-state index is 6.07. The van der Waals surface area contributed by atoms with Gasteiger partial charge in [-0.05, 0) is 41.5 Å². The molecule has 0 radical (unpaired) electrons. The molecule has 5 aromatic carbocycles. The molecule has 4 heterocycles. The Kier molecular flexibility index (Phi) is 6.31. The molecule has 220 valence electrons. The molecule has 9 aromatic rings. The molecule has 47 heavy (non-hydrogen) atoms. The number of hydrogen-bond donors (Lipinski definition) is 0. The Balaban J connectivity index is 1.10. The zero-order chi connectivity index (χ0) is 31.2. The number of furan rings is 1. The van der Waals surface area contributed by atoms with Crippen LogP contribution in [-0.2, 0) is 0 Å². The van der Waals surface area contributed by atoms with Gasteiger partial charge in [0.05, 0.1) is 22.6 Å². The van der Waals surface area contributed by atoms with Crippen molar-refractivity contribution in [3.63, 3.8) is 0 Å². The van der Waals surface area contributed by atoms with E-state index in [1.807, 2.05) is 109 Å². The van der Waals surface area contributed by atoms with E-state index in [4.69, 9.17) is 29.3 Å². The molecule has 0 aliphatic rings. The second kappa shape index (κ2) is 11.1. The highest BCUT2D eigenvalue weighted by Crippen LogP contribution is 2.35. The number of fused-ring (bicyclic) bond motifs is 4. The van der Waals surface area contributed by atoms with Crippen LogP contribution in [0.15, 0.2) is 150 Å². The highest BCUT2D eigenvalue weighted by Gasteiger charge is 2.16. The molecular weight excluding hydrogens is 580 g/mol. The number of aromatic nitrogens is 6. The Morgan fingerprint density at radius 1 is 0.426 bits per heavy atom. The standard InChI is InChI=1S/C40H24N6O/c1-3-10-25(11-4-1)38-44-39(26-12-5-2-6-13-26)46-40(45-38)29-15-9-14-27(22-29)28-18-19-31-32(23-28)42-24-33(43-31)37-36-30-16-7-8-17-34(30)47-35(36)20-21-41-37/h1-24H. The molecule has 7 heteroatoms. The maximum Gasteiger partial charge on any atom is 0.164 e. The first-order valence-corrected chi connectivity index (χ1v) is 15.3. The molecule has 0 bridgehead atoms. The van der Waals surface area contributed by atoms with Gasteiger partial charge in [-0.2, -0.15) is 0 Å². The van der Waals surface area contributed by atoms with Crippen LogP contribution in [0, 0.1) is 0 Å². The first-order chi connectivity index (χ1) is 23.3. The molecule has 0 atom stereocenters. The number of benzene rings is 5. The number of nitrogens with zero attached hydrogens (tertiary/aromatic N) is 6. The summed E-state index contributed by atoms with van der Waals surface area (Å²) in [4.78, 5) is 29.1. The van der Waals surface area contributed by atoms with Gasteiger partial charge in [-0.15, -0.1) is 0 Å². The first kappa shape index (κ1) is 26.8. The van der Waals surface area contributed by atoms with Gasteiger partial charge in [0, 0.05) is 28.3 Å². The minimum absolute atomic E-state index is 0.609. The number of para-hydroxylation sites is 1. The third kappa shape index (κ3) is 4.87. The Morgan fingerprint density at radius 3 is 1.83 bits per heavy atom. The minimum Gasteiger partial charge on any atom is -0.456 e. The lowest BCUT2D eigenvalue weighted by molar-refractivity contribution is 0.668. The van der Waals surface area contributed by atoms with Gasteiger partial charge in [0.25, 0.3) is 0 Å². The minimum atomic E-state index is 0.609. The monoisotopic (exact) mass is 604 g/mol. The third-order valence-electron chi connectivity index (χ3n) is 8.23. The molecule has 0 fully saturated rings. The zero-order valence-corrected chi connectivity index (χ0v) is 24.9. The van der Waals surface area contributed by atoms with E-state index in [2.05, 4.69) is 29.2 Å². The second-order valence-electron chi connectivity index (χ2n) is 11.2. The summed E-state index contributed by atoms with van der Waals surface area (Å²) in [5, 5.41) is 1.95. The van der Waals surface area contributed by atoms with Crippen LogP contribution in [0.2, 0.25) is 0 Å². The summed E-state index contributed by atoms with van der Waals surface area (Å²) in [5.74, 6) is 1.87. The molecule has 9 rings (SSSR count). The predicted molar refractivity (Wildman–Crippen MR) is 185 cm³/mol. The quantitative estimate of drug-likeness (QED) is 0.193. The Bertz CT molecular complexity index is 2520. The van der Waals surface area contributed by atoms with Gasteiger partial charge >= 0.3 is 0 Å². The topological polar surface area (TPSA) is 90.5 Å². The lowest BCUT2D eigenvalue weighted by Gasteiger charge is -2.10. The largest absolute Gasteiger partial charge is 0.456 e. The summed E-state index contributed by atoms with van der Waals surface area (Å²) in [6, 6.07) is 44.2. The van der Waals surface area contributed by atoms with Crippen LogP contribution in [0.3, 0.4) is 0 Å². The highest BCUT2D eigenvalue weighted by atomic mass is 16.3. The molecule has 0 N–H and O–H groups in total. The van der Waals surface area contributed by atoms with E-state index in [0.717, 1.165) is 66.5 Å². The van der Waals surface area contributed by atoms with Gasteiger partial charge in [-0.1, -0.05) is 103 Å². The van der Waals surface area contributed by atoms with Gasteiger partial charge in [0.15, 0.2) is 17.5 Å². The van der Waals surface area contributed by atoms with Crippen LogP contribution in [0.5, 0.6) is 0 Å². The molecular formula is C40H24N6O. The predicted octanol–water partition coefficient (Wildman–Crippen LogP) is 9.44. The van der Waals surface area contributed by atoms with Crippen molar-refractivity contribution in [3.8, 4) is 56.7 Å². The lowest BCUT2D eigenvalue weighted by Crippen LogP contribution is -2.00. The van der Waals surface area contributed by atoms with Crippen molar-refractivity contribution in [2.75, 3.05) is 0 Å². The summed E-state index contributed by atoms with van der Waals surface area (Å²) in [6.07, 6.45) is 3.53. The van der Waals surface area contributed by atoms with Crippen molar-refractivity contribution in [1.29, 1.82) is 0 Å². The second-order valence-corrected chi connectivity index (χ2v) is 11.2. The molecule has 0 amide bonds. The molecule has 0 spiro atoms. The van der Waals surface area contributed by atoms with Gasteiger partial charge in [0.1, 0.15) is 22.6 Å². The van der Waals surface area contributed by atoms with Crippen molar-refractivity contribution in [2.45, 2.75) is 0 Å². The van der Waals surface area contributed by atoms with E-state index >= 15 is 0 Å². The molecule has 0 aliphatic carbocycles. The van der Waals surface area contributed by atoms with Crippen LogP contribution < -0.4 is 0 Å². The summed E-state index contributed by atoms with van der Waals surface area (Å²) >= 11 is 0. The summed E-state index contributed by atoms with van der Waals surface area (Å²) in [5.41, 5.74) is 9.42. The third-order valence-corrected chi connectivity index (χ3v) is 8.23. The van der Waals surface area contributed by atoms with Crippen LogP contribution in [-0.4, -0.2) is 29.9 Å². The van der Waals surface area contributed by atoms with Crippen molar-refractivity contribution in [3.05, 3.63) is 146 Å². The number of hydrogen-bond acceptors (Lipinski definition) is 7. The van der Waals surface area contributed by atoms with E-state index in [0.29, 0.717) is 23.2 Å². The molecule has 7 nitrogen and oxygen atoms in total. The fourth-order valence-corrected chi connectivity index (χ4v) is 5.94. The highest BCUT2D eigenvalue weighted by molar-refractivity contribution is 6.11. The number of rotatable bonds is 5. The van der Waals surface area contributed by atoms with Gasteiger partial charge in [-0.25, -0.2) is 19.9 Å². The van der Waals surface area contributed by atoms with Crippen molar-refractivity contribution >= 4 is 33.0 Å². The summed E-state index contributed by atoms with van der Waals surface area (Å²) in [6.45, 7) is 0.